The number of nitrogens with two attached hydrogens (primary N) is 1. The molecule has 1 aliphatic heterocycles. The summed E-state index contributed by atoms with van der Waals surface area (Å²) in [6.45, 7) is 6.43. The first-order chi connectivity index (χ1) is 5.73. The number of hydrogen-bond acceptors (Lipinski definition) is 3. The van der Waals surface area contributed by atoms with Crippen LogP contribution in [0.3, 0.4) is 0 Å². The van der Waals surface area contributed by atoms with E-state index in [1.807, 2.05) is 0 Å². The zero-order valence-electron chi connectivity index (χ0n) is 8.36. The molecule has 1 aliphatic rings. The summed E-state index contributed by atoms with van der Waals surface area (Å²) in [5.41, 5.74) is 5.71. The maximum Gasteiger partial charge on any atom is 0.328 e. The molecule has 0 radical (unpaired) electrons. The van der Waals surface area contributed by atoms with Gasteiger partial charge in [0.15, 0.2) is 0 Å². The van der Waals surface area contributed by atoms with Crippen molar-refractivity contribution in [1.29, 1.82) is 0 Å². The molecular formula is C7H18NO3PSi. The highest BCUT2D eigenvalue weighted by molar-refractivity contribution is 7.57. The van der Waals surface area contributed by atoms with E-state index in [9.17, 15) is 9.46 Å². The first-order valence-electron chi connectivity index (χ1n) is 4.46. The lowest BCUT2D eigenvalue weighted by Crippen LogP contribution is -2.47. The molecule has 1 heterocycles. The molecule has 0 spiro atoms. The van der Waals surface area contributed by atoms with Crippen LogP contribution in [0.15, 0.2) is 0 Å². The monoisotopic (exact) mass is 223 g/mol. The normalized spacial score (nSPS) is 41.9. The van der Waals surface area contributed by atoms with Gasteiger partial charge in [-0.1, -0.05) is 19.6 Å². The topological polar surface area (TPSA) is 72.5 Å². The van der Waals surface area contributed by atoms with Crippen LogP contribution in [0.25, 0.3) is 0 Å². The van der Waals surface area contributed by atoms with Gasteiger partial charge in [0.2, 0.25) is 0 Å². The molecule has 0 bridgehead atoms. The second-order valence-corrected chi connectivity index (χ2v) is 12.7. The van der Waals surface area contributed by atoms with Crippen LogP contribution in [-0.2, 0) is 9.09 Å². The van der Waals surface area contributed by atoms with E-state index in [2.05, 4.69) is 19.6 Å². The highest BCUT2D eigenvalue weighted by Gasteiger charge is 2.46. The lowest BCUT2D eigenvalue weighted by Gasteiger charge is -2.37. The fraction of sp³-hybridized carbons (Fsp3) is 1.00. The molecule has 0 aromatic carbocycles. The van der Waals surface area contributed by atoms with Crippen molar-refractivity contribution >= 4 is 15.7 Å². The molecule has 78 valence electrons. The van der Waals surface area contributed by atoms with Crippen molar-refractivity contribution in [3.05, 3.63) is 0 Å². The van der Waals surface area contributed by atoms with Gasteiger partial charge in [-0.15, -0.1) is 0 Å². The van der Waals surface area contributed by atoms with E-state index in [0.29, 0.717) is 6.42 Å². The minimum atomic E-state index is -3.37. The molecule has 13 heavy (non-hydrogen) atoms. The van der Waals surface area contributed by atoms with Crippen LogP contribution in [0.4, 0.5) is 0 Å². The Hall–Kier alpha value is 0.327. The van der Waals surface area contributed by atoms with Gasteiger partial charge in [0.1, 0.15) is 0 Å². The van der Waals surface area contributed by atoms with Gasteiger partial charge in [-0.25, -0.2) is 0 Å². The van der Waals surface area contributed by atoms with Gasteiger partial charge in [-0.05, 0) is 6.42 Å². The van der Waals surface area contributed by atoms with Crippen molar-refractivity contribution in [1.82, 2.24) is 0 Å². The first-order valence-corrected chi connectivity index (χ1v) is 9.68. The summed E-state index contributed by atoms with van der Waals surface area (Å²) in [5.74, 6) is 0. The summed E-state index contributed by atoms with van der Waals surface area (Å²) >= 11 is 0. The van der Waals surface area contributed by atoms with E-state index in [-0.39, 0.29) is 17.9 Å². The van der Waals surface area contributed by atoms with Crippen LogP contribution >= 0.6 is 7.60 Å². The largest absolute Gasteiger partial charge is 0.328 e. The maximum atomic E-state index is 11.7. The first kappa shape index (κ1) is 11.4. The SMILES string of the molecule is C[Si](C)(C)[C@H]1C[C@H](N)COP1(=O)O. The van der Waals surface area contributed by atoms with Gasteiger partial charge in [0.05, 0.1) is 20.0 Å². The molecule has 1 saturated heterocycles. The minimum Gasteiger partial charge on any atom is -0.326 e. The van der Waals surface area contributed by atoms with E-state index in [1.54, 1.807) is 0 Å². The lowest BCUT2D eigenvalue weighted by atomic mass is 10.2. The van der Waals surface area contributed by atoms with E-state index < -0.39 is 15.7 Å². The molecule has 4 nitrogen and oxygen atoms in total. The van der Waals surface area contributed by atoms with Crippen molar-refractivity contribution in [2.45, 2.75) is 37.4 Å². The van der Waals surface area contributed by atoms with Crippen LogP contribution < -0.4 is 5.73 Å². The molecule has 0 saturated carbocycles. The fourth-order valence-corrected chi connectivity index (χ4v) is 7.89. The summed E-state index contributed by atoms with van der Waals surface area (Å²) in [4.78, 5) is 9.60. The molecule has 0 aromatic heterocycles. The molecule has 1 rings (SSSR count). The summed E-state index contributed by atoms with van der Waals surface area (Å²) in [5, 5.41) is -0.205. The van der Waals surface area contributed by atoms with Crippen molar-refractivity contribution in [3.63, 3.8) is 0 Å². The molecule has 1 unspecified atom stereocenters. The molecule has 0 aromatic rings. The third-order valence-corrected chi connectivity index (χ3v) is 9.45. The van der Waals surface area contributed by atoms with Gasteiger partial charge in [0.25, 0.3) is 0 Å². The average Bonchev–Trinajstić information content (AvgIpc) is 1.92. The van der Waals surface area contributed by atoms with E-state index in [1.165, 1.54) is 0 Å². The molecule has 0 aliphatic carbocycles. The zero-order valence-corrected chi connectivity index (χ0v) is 10.3. The van der Waals surface area contributed by atoms with Crippen molar-refractivity contribution in [3.8, 4) is 0 Å². The minimum absolute atomic E-state index is 0.0778. The molecular weight excluding hydrogens is 205 g/mol. The second kappa shape index (κ2) is 3.48. The Labute approximate surface area is 80.0 Å². The van der Waals surface area contributed by atoms with Gasteiger partial charge in [0, 0.05) is 6.04 Å². The van der Waals surface area contributed by atoms with Crippen molar-refractivity contribution < 1.29 is 14.0 Å². The quantitative estimate of drug-likeness (QED) is 0.517. The Kier molecular flexibility index (Phi) is 3.05. The highest BCUT2D eigenvalue weighted by Crippen LogP contribution is 2.55. The third kappa shape index (κ3) is 2.64. The Bertz CT molecular complexity index is 240. The lowest BCUT2D eigenvalue weighted by molar-refractivity contribution is 0.211. The molecule has 3 N–H and O–H groups in total. The van der Waals surface area contributed by atoms with Gasteiger partial charge in [-0.2, -0.15) is 0 Å². The Morgan fingerprint density at radius 1 is 1.54 bits per heavy atom. The average molecular weight is 223 g/mol. The predicted molar refractivity (Wildman–Crippen MR) is 55.5 cm³/mol. The van der Waals surface area contributed by atoms with E-state index >= 15 is 0 Å². The summed E-state index contributed by atoms with van der Waals surface area (Å²) in [6, 6.07) is -0.0778. The molecule has 0 amide bonds. The second-order valence-electron chi connectivity index (χ2n) is 4.74. The van der Waals surface area contributed by atoms with Crippen LogP contribution in [0.5, 0.6) is 0 Å². The van der Waals surface area contributed by atoms with Crippen LogP contribution in [0, 0.1) is 0 Å². The van der Waals surface area contributed by atoms with Crippen LogP contribution in [0.1, 0.15) is 6.42 Å². The molecule has 1 fully saturated rings. The van der Waals surface area contributed by atoms with E-state index in [0.717, 1.165) is 0 Å². The predicted octanol–water partition coefficient (Wildman–Crippen LogP) is 1.17. The highest BCUT2D eigenvalue weighted by atomic mass is 31.2. The summed E-state index contributed by atoms with van der Waals surface area (Å²) in [6.07, 6.45) is 0.628. The Balaban J connectivity index is 2.85. The smallest absolute Gasteiger partial charge is 0.326 e. The Morgan fingerprint density at radius 3 is 2.46 bits per heavy atom. The molecule has 3 atom stereocenters. The van der Waals surface area contributed by atoms with Crippen LogP contribution in [0.2, 0.25) is 19.6 Å². The maximum absolute atomic E-state index is 11.7. The van der Waals surface area contributed by atoms with E-state index in [4.69, 9.17) is 10.3 Å². The Morgan fingerprint density at radius 2 is 2.08 bits per heavy atom. The van der Waals surface area contributed by atoms with Crippen LogP contribution in [-0.4, -0.2) is 30.9 Å². The summed E-state index contributed by atoms with van der Waals surface area (Å²) in [7, 11) is -5.03. The van der Waals surface area contributed by atoms with Crippen molar-refractivity contribution in [2.75, 3.05) is 6.61 Å². The van der Waals surface area contributed by atoms with Gasteiger partial charge < -0.3 is 15.2 Å². The van der Waals surface area contributed by atoms with Crippen molar-refractivity contribution in [2.24, 2.45) is 5.73 Å². The zero-order chi connectivity index (χ0) is 10.3. The third-order valence-electron chi connectivity index (χ3n) is 2.39. The number of rotatable bonds is 1. The van der Waals surface area contributed by atoms with Gasteiger partial charge in [-0.3, -0.25) is 4.57 Å². The van der Waals surface area contributed by atoms with Gasteiger partial charge >= 0.3 is 7.60 Å². The molecule has 6 heteroatoms. The summed E-state index contributed by atoms with van der Waals surface area (Å²) < 4.78 is 16.6. The standard InChI is InChI=1S/C7H18NO3PSi/c1-13(2,3)7-4-6(8)5-11-12(7,9)10/h6-7H,4-5,8H2,1-3H3,(H,9,10)/t6-,7-/m0/s1. The number of hydrogen-bond donors (Lipinski definition) is 2. The fourth-order valence-electron chi connectivity index (χ4n) is 1.62.